The summed E-state index contributed by atoms with van der Waals surface area (Å²) in [6, 6.07) is 10.1. The second-order valence-corrected chi connectivity index (χ2v) is 9.11. The number of benzene rings is 1. The molecular weight excluding hydrogens is 454 g/mol. The standard InChI is InChI=1S/C20H22ClN7O3S/c1-22-32(29,30)17-7-3-2-5-14(17)26-19-13(21)11-25-20(28-19)27-15-6-4-8-24-18(15)16-12-23-9-10-31-16/h2-8,11,16,22-23H,9-10,12H2,1H3,(H2,25,26,27,28). The normalized spacial score (nSPS) is 16.5. The summed E-state index contributed by atoms with van der Waals surface area (Å²) >= 11 is 6.28. The third-order valence-electron chi connectivity index (χ3n) is 4.76. The molecule has 1 unspecified atom stereocenters. The number of aromatic nitrogens is 3. The minimum atomic E-state index is -3.68. The average Bonchev–Trinajstić information content (AvgIpc) is 2.82. The van der Waals surface area contributed by atoms with Crippen molar-refractivity contribution in [2.24, 2.45) is 0 Å². The first-order chi connectivity index (χ1) is 15.5. The smallest absolute Gasteiger partial charge is 0.242 e. The van der Waals surface area contributed by atoms with Gasteiger partial charge in [-0.05, 0) is 31.3 Å². The molecule has 1 saturated heterocycles. The quantitative estimate of drug-likeness (QED) is 0.407. The number of pyridine rings is 1. The van der Waals surface area contributed by atoms with E-state index in [0.29, 0.717) is 24.5 Å². The maximum atomic E-state index is 12.3. The highest BCUT2D eigenvalue weighted by atomic mass is 35.5. The molecule has 2 aromatic heterocycles. The summed E-state index contributed by atoms with van der Waals surface area (Å²) in [6.07, 6.45) is 2.94. The van der Waals surface area contributed by atoms with E-state index in [-0.39, 0.29) is 27.8 Å². The summed E-state index contributed by atoms with van der Waals surface area (Å²) in [4.78, 5) is 13.2. The highest BCUT2D eigenvalue weighted by Crippen LogP contribution is 2.30. The van der Waals surface area contributed by atoms with Crippen molar-refractivity contribution in [2.45, 2.75) is 11.0 Å². The minimum Gasteiger partial charge on any atom is -0.369 e. The number of anilines is 4. The van der Waals surface area contributed by atoms with Gasteiger partial charge in [0.2, 0.25) is 16.0 Å². The van der Waals surface area contributed by atoms with Crippen LogP contribution in [0.25, 0.3) is 0 Å². The molecule has 3 aromatic rings. The molecule has 1 aliphatic heterocycles. The highest BCUT2D eigenvalue weighted by Gasteiger charge is 2.21. The lowest BCUT2D eigenvalue weighted by Crippen LogP contribution is -2.34. The Kier molecular flexibility index (Phi) is 6.82. The fourth-order valence-electron chi connectivity index (χ4n) is 3.20. The van der Waals surface area contributed by atoms with E-state index < -0.39 is 10.0 Å². The number of morpholine rings is 1. The molecule has 0 saturated carbocycles. The SMILES string of the molecule is CNS(=O)(=O)c1ccccc1Nc1nc(Nc2cccnc2C2CNCCO2)ncc1Cl. The first kappa shape index (κ1) is 22.4. The Bertz CT molecular complexity index is 1200. The van der Waals surface area contributed by atoms with Crippen molar-refractivity contribution in [2.75, 3.05) is 37.4 Å². The molecule has 168 valence electrons. The lowest BCUT2D eigenvalue weighted by Gasteiger charge is -2.24. The minimum absolute atomic E-state index is 0.0724. The van der Waals surface area contributed by atoms with Crippen LogP contribution in [0.15, 0.2) is 53.7 Å². The van der Waals surface area contributed by atoms with Crippen molar-refractivity contribution in [3.8, 4) is 0 Å². The van der Waals surface area contributed by atoms with Gasteiger partial charge in [-0.25, -0.2) is 18.1 Å². The number of ether oxygens (including phenoxy) is 1. The van der Waals surface area contributed by atoms with Crippen LogP contribution in [-0.2, 0) is 14.8 Å². The number of para-hydroxylation sites is 1. The number of nitrogens with zero attached hydrogens (tertiary/aromatic N) is 3. The number of halogens is 1. The fraction of sp³-hybridized carbons (Fsp3) is 0.250. The lowest BCUT2D eigenvalue weighted by molar-refractivity contribution is 0.0255. The number of sulfonamides is 1. The number of nitrogens with one attached hydrogen (secondary N) is 4. The molecule has 12 heteroatoms. The first-order valence-corrected chi connectivity index (χ1v) is 11.7. The van der Waals surface area contributed by atoms with Crippen LogP contribution in [0.1, 0.15) is 11.8 Å². The van der Waals surface area contributed by atoms with Crippen LogP contribution in [0.5, 0.6) is 0 Å². The Morgan fingerprint density at radius 1 is 1.12 bits per heavy atom. The van der Waals surface area contributed by atoms with E-state index in [1.165, 1.54) is 19.3 Å². The van der Waals surface area contributed by atoms with E-state index >= 15 is 0 Å². The Labute approximate surface area is 190 Å². The predicted octanol–water partition coefficient (Wildman–Crippen LogP) is 2.58. The summed E-state index contributed by atoms with van der Waals surface area (Å²) in [5.74, 6) is 0.521. The second-order valence-electron chi connectivity index (χ2n) is 6.84. The molecule has 0 aliphatic carbocycles. The van der Waals surface area contributed by atoms with Crippen LogP contribution >= 0.6 is 11.6 Å². The summed E-state index contributed by atoms with van der Waals surface area (Å²) < 4.78 is 32.8. The molecule has 1 aliphatic rings. The third-order valence-corrected chi connectivity index (χ3v) is 6.51. The molecule has 1 atom stereocenters. The molecular formula is C20H22ClN7O3S. The summed E-state index contributed by atoms with van der Waals surface area (Å²) in [6.45, 7) is 2.05. The number of hydrogen-bond acceptors (Lipinski definition) is 9. The monoisotopic (exact) mass is 475 g/mol. The van der Waals surface area contributed by atoms with Crippen LogP contribution < -0.4 is 20.7 Å². The Morgan fingerprint density at radius 3 is 2.72 bits per heavy atom. The third kappa shape index (κ3) is 4.97. The Balaban J connectivity index is 1.62. The van der Waals surface area contributed by atoms with Gasteiger partial charge in [-0.1, -0.05) is 23.7 Å². The van der Waals surface area contributed by atoms with Gasteiger partial charge >= 0.3 is 0 Å². The van der Waals surface area contributed by atoms with Crippen LogP contribution in [0, 0.1) is 0 Å². The van der Waals surface area contributed by atoms with Gasteiger partial charge in [-0.3, -0.25) is 4.98 Å². The maximum absolute atomic E-state index is 12.3. The van der Waals surface area contributed by atoms with Gasteiger partial charge in [0, 0.05) is 19.3 Å². The van der Waals surface area contributed by atoms with Crippen molar-refractivity contribution < 1.29 is 13.2 Å². The molecule has 1 fully saturated rings. The summed E-state index contributed by atoms with van der Waals surface area (Å²) in [7, 11) is -2.33. The van der Waals surface area contributed by atoms with Crippen molar-refractivity contribution in [3.05, 3.63) is 59.5 Å². The molecule has 4 rings (SSSR count). The van der Waals surface area contributed by atoms with Gasteiger partial charge in [-0.2, -0.15) is 4.98 Å². The van der Waals surface area contributed by atoms with E-state index in [1.54, 1.807) is 30.5 Å². The van der Waals surface area contributed by atoms with Crippen LogP contribution in [0.4, 0.5) is 23.1 Å². The molecule has 4 N–H and O–H groups in total. The van der Waals surface area contributed by atoms with E-state index in [2.05, 4.69) is 35.6 Å². The Morgan fingerprint density at radius 2 is 1.94 bits per heavy atom. The second kappa shape index (κ2) is 9.76. The number of rotatable bonds is 7. The van der Waals surface area contributed by atoms with Crippen molar-refractivity contribution in [1.29, 1.82) is 0 Å². The first-order valence-electron chi connectivity index (χ1n) is 9.84. The van der Waals surface area contributed by atoms with Gasteiger partial charge in [0.25, 0.3) is 0 Å². The lowest BCUT2D eigenvalue weighted by atomic mass is 10.1. The molecule has 0 bridgehead atoms. The molecule has 10 nitrogen and oxygen atoms in total. The Hall–Kier alpha value is -2.83. The zero-order valence-corrected chi connectivity index (χ0v) is 18.7. The van der Waals surface area contributed by atoms with Gasteiger partial charge in [-0.15, -0.1) is 0 Å². The molecule has 0 radical (unpaired) electrons. The van der Waals surface area contributed by atoms with Gasteiger partial charge in [0.05, 0.1) is 29.9 Å². The average molecular weight is 476 g/mol. The molecule has 32 heavy (non-hydrogen) atoms. The molecule has 0 spiro atoms. The molecule has 0 amide bonds. The van der Waals surface area contributed by atoms with Crippen LogP contribution in [-0.4, -0.2) is 50.1 Å². The zero-order chi connectivity index (χ0) is 22.6. The van der Waals surface area contributed by atoms with E-state index in [1.807, 2.05) is 6.07 Å². The van der Waals surface area contributed by atoms with E-state index in [9.17, 15) is 8.42 Å². The molecule has 1 aromatic carbocycles. The topological polar surface area (TPSA) is 130 Å². The van der Waals surface area contributed by atoms with Gasteiger partial charge in [0.1, 0.15) is 16.0 Å². The fourth-order valence-corrected chi connectivity index (χ4v) is 4.22. The number of hydrogen-bond donors (Lipinski definition) is 4. The van der Waals surface area contributed by atoms with Gasteiger partial charge < -0.3 is 20.7 Å². The van der Waals surface area contributed by atoms with Crippen molar-refractivity contribution in [1.82, 2.24) is 25.0 Å². The van der Waals surface area contributed by atoms with Crippen LogP contribution in [0.2, 0.25) is 5.02 Å². The maximum Gasteiger partial charge on any atom is 0.242 e. The summed E-state index contributed by atoms with van der Waals surface area (Å²) in [5, 5.41) is 9.67. The van der Waals surface area contributed by atoms with E-state index in [0.717, 1.165) is 12.2 Å². The molecule has 3 heterocycles. The van der Waals surface area contributed by atoms with Crippen molar-refractivity contribution in [3.63, 3.8) is 0 Å². The largest absolute Gasteiger partial charge is 0.369 e. The highest BCUT2D eigenvalue weighted by molar-refractivity contribution is 7.89. The van der Waals surface area contributed by atoms with Gasteiger partial charge in [0.15, 0.2) is 5.82 Å². The zero-order valence-electron chi connectivity index (χ0n) is 17.2. The van der Waals surface area contributed by atoms with Crippen LogP contribution in [0.3, 0.4) is 0 Å². The van der Waals surface area contributed by atoms with Crippen molar-refractivity contribution >= 4 is 44.8 Å². The summed E-state index contributed by atoms with van der Waals surface area (Å²) in [5.41, 5.74) is 1.77. The van der Waals surface area contributed by atoms with E-state index in [4.69, 9.17) is 16.3 Å². The predicted molar refractivity (Wildman–Crippen MR) is 122 cm³/mol.